The molecule has 0 atom stereocenters. The van der Waals surface area contributed by atoms with Crippen LogP contribution in [0.3, 0.4) is 0 Å². The molecule has 0 N–H and O–H groups in total. The Labute approximate surface area is 165 Å². The van der Waals surface area contributed by atoms with Gasteiger partial charge in [-0.25, -0.2) is 14.6 Å². The Morgan fingerprint density at radius 3 is 2.63 bits per heavy atom. The summed E-state index contributed by atoms with van der Waals surface area (Å²) in [5.74, 6) is -0.308. The molecular formula is C20H17Cl2NO4. The molecule has 0 fully saturated rings. The van der Waals surface area contributed by atoms with E-state index in [2.05, 4.69) is 18.8 Å². The summed E-state index contributed by atoms with van der Waals surface area (Å²) >= 11 is 11.6. The van der Waals surface area contributed by atoms with Crippen LogP contribution in [0.15, 0.2) is 39.7 Å². The normalized spacial score (nSPS) is 11.2. The van der Waals surface area contributed by atoms with Crippen LogP contribution in [0.25, 0.3) is 11.0 Å². The van der Waals surface area contributed by atoms with E-state index in [1.807, 2.05) is 19.1 Å². The Kier molecular flexibility index (Phi) is 5.53. The standard InChI is InChI=1S/C20H17Cl2NO4/c1-10(2)14-7-15-13(6-18(24)27-17(15)4-11(14)3)9-26-20(25)12-5-16(21)19(22)23-8-12/h4-8,10H,9H2,1-3H3. The largest absolute Gasteiger partial charge is 0.457 e. The third-order valence-electron chi connectivity index (χ3n) is 4.23. The van der Waals surface area contributed by atoms with E-state index < -0.39 is 11.6 Å². The molecule has 5 nitrogen and oxygen atoms in total. The smallest absolute Gasteiger partial charge is 0.340 e. The summed E-state index contributed by atoms with van der Waals surface area (Å²) < 4.78 is 10.6. The van der Waals surface area contributed by atoms with Gasteiger partial charge in [0.1, 0.15) is 17.3 Å². The lowest BCUT2D eigenvalue weighted by Gasteiger charge is -2.13. The average Bonchev–Trinajstić information content (AvgIpc) is 2.60. The molecule has 0 amide bonds. The number of fused-ring (bicyclic) bond motifs is 1. The monoisotopic (exact) mass is 405 g/mol. The third kappa shape index (κ3) is 4.15. The highest BCUT2D eigenvalue weighted by Crippen LogP contribution is 2.27. The second-order valence-electron chi connectivity index (χ2n) is 6.52. The number of rotatable bonds is 4. The van der Waals surface area contributed by atoms with Crippen LogP contribution < -0.4 is 5.63 Å². The van der Waals surface area contributed by atoms with Crippen molar-refractivity contribution >= 4 is 40.1 Å². The fourth-order valence-electron chi connectivity index (χ4n) is 2.89. The molecule has 0 saturated heterocycles. The van der Waals surface area contributed by atoms with Crippen molar-refractivity contribution in [1.82, 2.24) is 4.98 Å². The molecule has 140 valence electrons. The molecule has 27 heavy (non-hydrogen) atoms. The van der Waals surface area contributed by atoms with Crippen LogP contribution in [0, 0.1) is 6.92 Å². The summed E-state index contributed by atoms with van der Waals surface area (Å²) in [6, 6.07) is 6.53. The maximum Gasteiger partial charge on any atom is 0.340 e. The number of nitrogens with zero attached hydrogens (tertiary/aromatic N) is 1. The van der Waals surface area contributed by atoms with Gasteiger partial charge in [0.05, 0.1) is 10.6 Å². The van der Waals surface area contributed by atoms with Gasteiger partial charge in [-0.15, -0.1) is 0 Å². The zero-order valence-corrected chi connectivity index (χ0v) is 16.5. The van der Waals surface area contributed by atoms with Gasteiger partial charge in [-0.3, -0.25) is 0 Å². The third-order valence-corrected chi connectivity index (χ3v) is 4.92. The minimum atomic E-state index is -0.612. The topological polar surface area (TPSA) is 69.4 Å². The number of pyridine rings is 1. The molecule has 0 aliphatic carbocycles. The van der Waals surface area contributed by atoms with Crippen LogP contribution in [-0.2, 0) is 11.3 Å². The van der Waals surface area contributed by atoms with Crippen LogP contribution in [0.1, 0.15) is 46.8 Å². The molecule has 0 spiro atoms. The fraction of sp³-hybridized carbons (Fsp3) is 0.250. The fourth-order valence-corrected chi connectivity index (χ4v) is 3.16. The van der Waals surface area contributed by atoms with E-state index in [-0.39, 0.29) is 22.3 Å². The average molecular weight is 406 g/mol. The zero-order chi connectivity index (χ0) is 19.7. The zero-order valence-electron chi connectivity index (χ0n) is 15.0. The van der Waals surface area contributed by atoms with Crippen LogP contribution in [0.5, 0.6) is 0 Å². The minimum absolute atomic E-state index is 0.0816. The molecule has 0 bridgehead atoms. The Morgan fingerprint density at radius 2 is 1.96 bits per heavy atom. The molecule has 0 aliphatic rings. The summed E-state index contributed by atoms with van der Waals surface area (Å²) in [7, 11) is 0. The molecule has 1 aromatic carbocycles. The maximum atomic E-state index is 12.3. The number of hydrogen-bond acceptors (Lipinski definition) is 5. The van der Waals surface area contributed by atoms with Crippen molar-refractivity contribution in [3.63, 3.8) is 0 Å². The number of carbonyl (C=O) groups excluding carboxylic acids is 1. The van der Waals surface area contributed by atoms with Crippen molar-refractivity contribution < 1.29 is 13.9 Å². The highest BCUT2D eigenvalue weighted by atomic mass is 35.5. The van der Waals surface area contributed by atoms with Gasteiger partial charge in [-0.1, -0.05) is 37.0 Å². The van der Waals surface area contributed by atoms with Crippen LogP contribution in [0.2, 0.25) is 10.2 Å². The van der Waals surface area contributed by atoms with Gasteiger partial charge in [0, 0.05) is 23.2 Å². The second kappa shape index (κ2) is 7.71. The second-order valence-corrected chi connectivity index (χ2v) is 7.29. The van der Waals surface area contributed by atoms with Crippen molar-refractivity contribution in [2.24, 2.45) is 0 Å². The highest BCUT2D eigenvalue weighted by Gasteiger charge is 2.15. The van der Waals surface area contributed by atoms with Gasteiger partial charge in [0.15, 0.2) is 0 Å². The van der Waals surface area contributed by atoms with Crippen molar-refractivity contribution in [2.75, 3.05) is 0 Å². The number of aryl methyl sites for hydroxylation is 1. The predicted molar refractivity (Wildman–Crippen MR) is 105 cm³/mol. The first kappa shape index (κ1) is 19.4. The molecule has 0 saturated carbocycles. The summed E-state index contributed by atoms with van der Waals surface area (Å²) in [4.78, 5) is 28.0. The lowest BCUT2D eigenvalue weighted by Crippen LogP contribution is -2.09. The van der Waals surface area contributed by atoms with Gasteiger partial charge < -0.3 is 9.15 Å². The van der Waals surface area contributed by atoms with Crippen molar-refractivity contribution in [1.29, 1.82) is 0 Å². The number of ether oxygens (including phenoxy) is 1. The number of aromatic nitrogens is 1. The van der Waals surface area contributed by atoms with Crippen molar-refractivity contribution in [3.05, 3.63) is 73.3 Å². The predicted octanol–water partition coefficient (Wildman–Crippen LogP) is 5.28. The van der Waals surface area contributed by atoms with E-state index in [0.717, 1.165) is 16.5 Å². The minimum Gasteiger partial charge on any atom is -0.457 e. The molecule has 0 aliphatic heterocycles. The molecule has 0 radical (unpaired) electrons. The molecule has 7 heteroatoms. The van der Waals surface area contributed by atoms with Gasteiger partial charge >= 0.3 is 11.6 Å². The quantitative estimate of drug-likeness (QED) is 0.335. The Balaban J connectivity index is 1.94. The van der Waals surface area contributed by atoms with E-state index in [4.69, 9.17) is 32.4 Å². The first-order chi connectivity index (χ1) is 12.8. The maximum absolute atomic E-state index is 12.3. The molecule has 0 unspecified atom stereocenters. The molecule has 2 heterocycles. The van der Waals surface area contributed by atoms with E-state index in [0.29, 0.717) is 17.1 Å². The first-order valence-corrected chi connectivity index (χ1v) is 9.07. The van der Waals surface area contributed by atoms with Gasteiger partial charge in [-0.05, 0) is 42.2 Å². The van der Waals surface area contributed by atoms with E-state index in [1.54, 1.807) is 0 Å². The number of hydrogen-bond donors (Lipinski definition) is 0. The number of carbonyl (C=O) groups is 1. The van der Waals surface area contributed by atoms with Crippen LogP contribution >= 0.6 is 23.2 Å². The lowest BCUT2D eigenvalue weighted by atomic mass is 9.95. The summed E-state index contributed by atoms with van der Waals surface area (Å²) in [6.45, 7) is 6.06. The molecule has 2 aromatic heterocycles. The highest BCUT2D eigenvalue weighted by molar-refractivity contribution is 6.41. The van der Waals surface area contributed by atoms with E-state index >= 15 is 0 Å². The van der Waals surface area contributed by atoms with E-state index in [9.17, 15) is 9.59 Å². The Morgan fingerprint density at radius 1 is 1.22 bits per heavy atom. The summed E-state index contributed by atoms with van der Waals surface area (Å²) in [6.07, 6.45) is 1.29. The Bertz CT molecular complexity index is 1090. The van der Waals surface area contributed by atoms with Crippen molar-refractivity contribution in [3.8, 4) is 0 Å². The van der Waals surface area contributed by atoms with Crippen LogP contribution in [0.4, 0.5) is 0 Å². The van der Waals surface area contributed by atoms with Crippen LogP contribution in [-0.4, -0.2) is 11.0 Å². The molecule has 3 aromatic rings. The Hall–Kier alpha value is -2.37. The SMILES string of the molecule is Cc1cc2oc(=O)cc(COC(=O)c3cnc(Cl)c(Cl)c3)c2cc1C(C)C. The van der Waals surface area contributed by atoms with Crippen molar-refractivity contribution in [2.45, 2.75) is 33.3 Å². The van der Waals surface area contributed by atoms with Gasteiger partial charge in [0.25, 0.3) is 0 Å². The summed E-state index contributed by atoms with van der Waals surface area (Å²) in [5, 5.41) is 1.01. The van der Waals surface area contributed by atoms with Gasteiger partial charge in [-0.2, -0.15) is 0 Å². The molecular weight excluding hydrogens is 389 g/mol. The lowest BCUT2D eigenvalue weighted by molar-refractivity contribution is 0.0473. The number of benzene rings is 1. The van der Waals surface area contributed by atoms with Gasteiger partial charge in [0.2, 0.25) is 0 Å². The number of halogens is 2. The molecule has 3 rings (SSSR count). The first-order valence-electron chi connectivity index (χ1n) is 8.31. The van der Waals surface area contributed by atoms with E-state index in [1.165, 1.54) is 18.3 Å². The number of esters is 1. The summed E-state index contributed by atoms with van der Waals surface area (Å²) in [5.41, 5.74) is 2.89.